The van der Waals surface area contributed by atoms with Gasteiger partial charge < -0.3 is 0 Å². The van der Waals surface area contributed by atoms with Gasteiger partial charge in [0.05, 0.1) is 0 Å². The summed E-state index contributed by atoms with van der Waals surface area (Å²) in [5.41, 5.74) is 0. The van der Waals surface area contributed by atoms with Crippen molar-refractivity contribution in [3.8, 4) is 0 Å². The van der Waals surface area contributed by atoms with E-state index in [-0.39, 0.29) is 11.8 Å². The van der Waals surface area contributed by atoms with Crippen LogP contribution in [0.5, 0.6) is 0 Å². The topological polar surface area (TPSA) is 54.5 Å². The summed E-state index contributed by atoms with van der Waals surface area (Å²) >= 11 is 1.24. The first-order chi connectivity index (χ1) is 9.01. The van der Waals surface area contributed by atoms with E-state index in [9.17, 15) is 13.2 Å². The van der Waals surface area contributed by atoms with E-state index in [1.54, 1.807) is 21.8 Å². The SMILES string of the molecule is CC(=O)CC1CCCCCN1S(=O)(=O)c1cccs1. The quantitative estimate of drug-likeness (QED) is 0.859. The van der Waals surface area contributed by atoms with Crippen molar-refractivity contribution in [1.82, 2.24) is 4.31 Å². The van der Waals surface area contributed by atoms with Crippen LogP contribution in [0.4, 0.5) is 0 Å². The number of hydrogen-bond donors (Lipinski definition) is 0. The molecule has 106 valence electrons. The van der Waals surface area contributed by atoms with Crippen molar-refractivity contribution < 1.29 is 13.2 Å². The zero-order chi connectivity index (χ0) is 13.9. The molecule has 4 nitrogen and oxygen atoms in total. The third kappa shape index (κ3) is 3.43. The minimum Gasteiger partial charge on any atom is -0.300 e. The molecule has 0 radical (unpaired) electrons. The van der Waals surface area contributed by atoms with E-state index in [0.717, 1.165) is 25.7 Å². The number of Topliss-reactive ketones (excluding diaryl/α,β-unsaturated/α-hetero) is 1. The largest absolute Gasteiger partial charge is 0.300 e. The first-order valence-corrected chi connectivity index (χ1v) is 8.88. The molecule has 2 heterocycles. The number of nitrogens with zero attached hydrogens (tertiary/aromatic N) is 1. The molecular weight excluding hydrogens is 282 g/mol. The van der Waals surface area contributed by atoms with Gasteiger partial charge in [0.15, 0.2) is 0 Å². The molecule has 1 atom stereocenters. The van der Waals surface area contributed by atoms with E-state index in [1.165, 1.54) is 18.3 Å². The van der Waals surface area contributed by atoms with Gasteiger partial charge in [0, 0.05) is 19.0 Å². The summed E-state index contributed by atoms with van der Waals surface area (Å²) in [5.74, 6) is 0.0540. The van der Waals surface area contributed by atoms with Gasteiger partial charge in [0.1, 0.15) is 9.99 Å². The van der Waals surface area contributed by atoms with E-state index >= 15 is 0 Å². The van der Waals surface area contributed by atoms with Crippen molar-refractivity contribution in [2.24, 2.45) is 0 Å². The van der Waals surface area contributed by atoms with Gasteiger partial charge in [-0.05, 0) is 31.2 Å². The van der Waals surface area contributed by atoms with Gasteiger partial charge in [0.25, 0.3) is 10.0 Å². The normalized spacial score (nSPS) is 22.1. The fourth-order valence-electron chi connectivity index (χ4n) is 2.53. The van der Waals surface area contributed by atoms with Crippen molar-refractivity contribution in [1.29, 1.82) is 0 Å². The highest BCUT2D eigenvalue weighted by atomic mass is 32.2. The van der Waals surface area contributed by atoms with E-state index in [0.29, 0.717) is 17.2 Å². The van der Waals surface area contributed by atoms with Crippen molar-refractivity contribution >= 4 is 27.1 Å². The van der Waals surface area contributed by atoms with Gasteiger partial charge in [-0.15, -0.1) is 11.3 Å². The Kier molecular flexibility index (Phi) is 4.76. The van der Waals surface area contributed by atoms with Crippen LogP contribution in [0.25, 0.3) is 0 Å². The highest BCUT2D eigenvalue weighted by Gasteiger charge is 2.33. The van der Waals surface area contributed by atoms with Gasteiger partial charge in [-0.25, -0.2) is 8.42 Å². The Balaban J connectivity index is 2.29. The number of sulfonamides is 1. The average molecular weight is 301 g/mol. The van der Waals surface area contributed by atoms with Gasteiger partial charge in [-0.2, -0.15) is 4.31 Å². The van der Waals surface area contributed by atoms with Crippen molar-refractivity contribution in [2.45, 2.75) is 49.3 Å². The monoisotopic (exact) mass is 301 g/mol. The molecular formula is C13H19NO3S2. The summed E-state index contributed by atoms with van der Waals surface area (Å²) in [7, 11) is -3.44. The summed E-state index contributed by atoms with van der Waals surface area (Å²) < 4.78 is 27.2. The predicted octanol–water partition coefficient (Wildman–Crippen LogP) is 2.66. The Labute approximate surface area is 118 Å². The first-order valence-electron chi connectivity index (χ1n) is 6.56. The summed E-state index contributed by atoms with van der Waals surface area (Å²) in [6.45, 7) is 2.05. The fraction of sp³-hybridized carbons (Fsp3) is 0.615. The van der Waals surface area contributed by atoms with Crippen LogP contribution in [-0.2, 0) is 14.8 Å². The lowest BCUT2D eigenvalue weighted by atomic mass is 10.1. The van der Waals surface area contributed by atoms with E-state index in [2.05, 4.69) is 0 Å². The van der Waals surface area contributed by atoms with Crippen LogP contribution >= 0.6 is 11.3 Å². The molecule has 1 aliphatic heterocycles. The Morgan fingerprint density at radius 1 is 1.42 bits per heavy atom. The molecule has 1 saturated heterocycles. The van der Waals surface area contributed by atoms with Crippen LogP contribution in [0, 0.1) is 0 Å². The molecule has 0 amide bonds. The average Bonchev–Trinajstić information content (AvgIpc) is 2.77. The lowest BCUT2D eigenvalue weighted by Crippen LogP contribution is -2.40. The molecule has 0 saturated carbocycles. The third-order valence-corrected chi connectivity index (χ3v) is 6.73. The first kappa shape index (κ1) is 14.7. The number of rotatable bonds is 4. The van der Waals surface area contributed by atoms with Crippen molar-refractivity contribution in [3.05, 3.63) is 17.5 Å². The molecule has 1 aromatic heterocycles. The van der Waals surface area contributed by atoms with Crippen LogP contribution in [0.2, 0.25) is 0 Å². The molecule has 1 aromatic rings. The molecule has 19 heavy (non-hydrogen) atoms. The Morgan fingerprint density at radius 2 is 2.21 bits per heavy atom. The van der Waals surface area contributed by atoms with Crippen LogP contribution in [-0.4, -0.2) is 31.1 Å². The van der Waals surface area contributed by atoms with E-state index in [4.69, 9.17) is 0 Å². The van der Waals surface area contributed by atoms with Gasteiger partial charge in [-0.3, -0.25) is 4.79 Å². The molecule has 2 rings (SSSR count). The van der Waals surface area contributed by atoms with Crippen LogP contribution in [0.1, 0.15) is 39.0 Å². The number of carbonyl (C=O) groups is 1. The molecule has 6 heteroatoms. The Hall–Kier alpha value is -0.720. The summed E-state index contributed by atoms with van der Waals surface area (Å²) in [5, 5.41) is 1.77. The molecule has 0 N–H and O–H groups in total. The minimum absolute atomic E-state index is 0.0540. The molecule has 0 aliphatic carbocycles. The highest BCUT2D eigenvalue weighted by Crippen LogP contribution is 2.28. The Morgan fingerprint density at radius 3 is 2.84 bits per heavy atom. The van der Waals surface area contributed by atoms with Crippen LogP contribution in [0.15, 0.2) is 21.7 Å². The standard InChI is InChI=1S/C13H19NO3S2/c1-11(15)10-12-6-3-2-4-8-14(12)19(16,17)13-7-5-9-18-13/h5,7,9,12H,2-4,6,8,10H2,1H3. The summed E-state index contributed by atoms with van der Waals surface area (Å²) in [6, 6.07) is 3.21. The van der Waals surface area contributed by atoms with Gasteiger partial charge >= 0.3 is 0 Å². The lowest BCUT2D eigenvalue weighted by Gasteiger charge is -2.27. The Bertz CT molecular complexity index is 522. The lowest BCUT2D eigenvalue weighted by molar-refractivity contribution is -0.117. The maximum atomic E-state index is 12.6. The van der Waals surface area contributed by atoms with E-state index < -0.39 is 10.0 Å². The predicted molar refractivity (Wildman–Crippen MR) is 75.8 cm³/mol. The van der Waals surface area contributed by atoms with Crippen LogP contribution in [0.3, 0.4) is 0 Å². The maximum absolute atomic E-state index is 12.6. The molecule has 1 fully saturated rings. The highest BCUT2D eigenvalue weighted by molar-refractivity contribution is 7.91. The molecule has 0 spiro atoms. The number of hydrogen-bond acceptors (Lipinski definition) is 4. The molecule has 0 aromatic carbocycles. The minimum atomic E-state index is -3.44. The fourth-order valence-corrected chi connectivity index (χ4v) is 5.34. The van der Waals surface area contributed by atoms with E-state index in [1.807, 2.05) is 0 Å². The van der Waals surface area contributed by atoms with Crippen molar-refractivity contribution in [2.75, 3.05) is 6.54 Å². The van der Waals surface area contributed by atoms with Crippen LogP contribution < -0.4 is 0 Å². The molecule has 1 aliphatic rings. The zero-order valence-electron chi connectivity index (χ0n) is 11.0. The van der Waals surface area contributed by atoms with Gasteiger partial charge in [-0.1, -0.05) is 18.9 Å². The summed E-state index contributed by atoms with van der Waals surface area (Å²) in [6.07, 6.45) is 4.01. The molecule has 1 unspecified atom stereocenters. The van der Waals surface area contributed by atoms with Crippen molar-refractivity contribution in [3.63, 3.8) is 0 Å². The smallest absolute Gasteiger partial charge is 0.252 e. The second kappa shape index (κ2) is 6.15. The number of carbonyl (C=O) groups excluding carboxylic acids is 1. The number of thiophene rings is 1. The summed E-state index contributed by atoms with van der Waals surface area (Å²) in [4.78, 5) is 11.4. The van der Waals surface area contributed by atoms with Gasteiger partial charge in [0.2, 0.25) is 0 Å². The third-order valence-electron chi connectivity index (χ3n) is 3.40. The number of ketones is 1. The molecule has 0 bridgehead atoms. The maximum Gasteiger partial charge on any atom is 0.252 e. The second-order valence-electron chi connectivity index (χ2n) is 4.96. The second-order valence-corrected chi connectivity index (χ2v) is 8.02. The zero-order valence-corrected chi connectivity index (χ0v) is 12.7.